The molecule has 1 aliphatic rings. The summed E-state index contributed by atoms with van der Waals surface area (Å²) in [5.74, 6) is -0.189. The van der Waals surface area contributed by atoms with Crippen LogP contribution in [0.1, 0.15) is 31.9 Å². The zero-order valence-electron chi connectivity index (χ0n) is 10.8. The molecule has 3 atom stereocenters. The highest BCUT2D eigenvalue weighted by molar-refractivity contribution is 5.83. The highest BCUT2D eigenvalue weighted by atomic mass is 16.3. The Kier molecular flexibility index (Phi) is 3.41. The minimum absolute atomic E-state index is 0.00485. The number of aliphatic hydroxyl groups excluding tert-OH is 1. The van der Waals surface area contributed by atoms with E-state index >= 15 is 0 Å². The van der Waals surface area contributed by atoms with Crippen LogP contribution < -0.4 is 11.1 Å². The Bertz CT molecular complexity index is 431. The zero-order valence-corrected chi connectivity index (χ0v) is 10.8. The van der Waals surface area contributed by atoms with Crippen molar-refractivity contribution in [1.29, 1.82) is 0 Å². The van der Waals surface area contributed by atoms with Gasteiger partial charge in [0.05, 0.1) is 6.10 Å². The molecule has 1 saturated carbocycles. The van der Waals surface area contributed by atoms with E-state index in [0.717, 1.165) is 5.56 Å². The third kappa shape index (κ3) is 2.26. The molecule has 1 amide bonds. The van der Waals surface area contributed by atoms with Gasteiger partial charge in [-0.25, -0.2) is 0 Å². The first-order valence-electron chi connectivity index (χ1n) is 6.22. The van der Waals surface area contributed by atoms with E-state index in [-0.39, 0.29) is 23.5 Å². The van der Waals surface area contributed by atoms with Crippen molar-refractivity contribution in [3.63, 3.8) is 0 Å². The standard InChI is InChI=1S/C14H20N2O2/c1-14(2)10(8-11(14)17)16-13(18)12(15)9-6-4-3-5-7-9/h3-7,10-12,17H,8,15H2,1-2H3,(H,16,18). The molecule has 98 valence electrons. The fourth-order valence-electron chi connectivity index (χ4n) is 2.22. The van der Waals surface area contributed by atoms with Crippen LogP contribution in [0.5, 0.6) is 0 Å². The summed E-state index contributed by atoms with van der Waals surface area (Å²) in [6.07, 6.45) is 0.246. The van der Waals surface area contributed by atoms with Crippen molar-refractivity contribution in [3.8, 4) is 0 Å². The Hall–Kier alpha value is -1.39. The minimum atomic E-state index is -0.653. The number of hydrogen-bond donors (Lipinski definition) is 3. The lowest BCUT2D eigenvalue weighted by molar-refractivity contribution is -0.130. The monoisotopic (exact) mass is 248 g/mol. The van der Waals surface area contributed by atoms with Crippen LogP contribution in [0.15, 0.2) is 30.3 Å². The average Bonchev–Trinajstić information content (AvgIpc) is 2.38. The summed E-state index contributed by atoms with van der Waals surface area (Å²) < 4.78 is 0. The predicted octanol–water partition coefficient (Wildman–Crippen LogP) is 0.962. The molecule has 1 aliphatic carbocycles. The molecule has 18 heavy (non-hydrogen) atoms. The molecule has 1 aromatic carbocycles. The number of amides is 1. The van der Waals surface area contributed by atoms with Gasteiger partial charge in [-0.1, -0.05) is 44.2 Å². The van der Waals surface area contributed by atoms with E-state index in [1.165, 1.54) is 0 Å². The molecule has 4 heteroatoms. The summed E-state index contributed by atoms with van der Waals surface area (Å²) in [5.41, 5.74) is 6.44. The molecule has 0 radical (unpaired) electrons. The lowest BCUT2D eigenvalue weighted by Gasteiger charge is -2.49. The number of nitrogens with two attached hydrogens (primary N) is 1. The molecule has 4 N–H and O–H groups in total. The third-order valence-electron chi connectivity index (χ3n) is 3.97. The van der Waals surface area contributed by atoms with Gasteiger partial charge in [-0.2, -0.15) is 0 Å². The highest BCUT2D eigenvalue weighted by Gasteiger charge is 2.48. The fourth-order valence-corrected chi connectivity index (χ4v) is 2.22. The Balaban J connectivity index is 1.97. The Labute approximate surface area is 107 Å². The quantitative estimate of drug-likeness (QED) is 0.746. The predicted molar refractivity (Wildman–Crippen MR) is 69.7 cm³/mol. The molecule has 2 rings (SSSR count). The summed E-state index contributed by atoms with van der Waals surface area (Å²) in [4.78, 5) is 12.0. The van der Waals surface area contributed by atoms with E-state index in [0.29, 0.717) is 6.42 Å². The van der Waals surface area contributed by atoms with Crippen LogP contribution in [0.2, 0.25) is 0 Å². The Morgan fingerprint density at radius 2 is 2.06 bits per heavy atom. The van der Waals surface area contributed by atoms with Crippen LogP contribution in [0, 0.1) is 5.41 Å². The lowest BCUT2D eigenvalue weighted by atomic mass is 9.64. The number of rotatable bonds is 3. The molecule has 0 aromatic heterocycles. The van der Waals surface area contributed by atoms with Gasteiger partial charge in [-0.15, -0.1) is 0 Å². The summed E-state index contributed by atoms with van der Waals surface area (Å²) >= 11 is 0. The summed E-state index contributed by atoms with van der Waals surface area (Å²) in [6.45, 7) is 3.89. The third-order valence-corrected chi connectivity index (χ3v) is 3.97. The molecule has 0 bridgehead atoms. The van der Waals surface area contributed by atoms with Gasteiger partial charge in [-0.05, 0) is 12.0 Å². The SMILES string of the molecule is CC1(C)C(O)CC1NC(=O)C(N)c1ccccc1. The van der Waals surface area contributed by atoms with Crippen molar-refractivity contribution < 1.29 is 9.90 Å². The second-order valence-corrected chi connectivity index (χ2v) is 5.52. The summed E-state index contributed by atoms with van der Waals surface area (Å²) in [6, 6.07) is 8.63. The second kappa shape index (κ2) is 4.71. The molecule has 1 fully saturated rings. The van der Waals surface area contributed by atoms with Crippen LogP contribution >= 0.6 is 0 Å². The first kappa shape index (κ1) is 13.1. The molecule has 1 aromatic rings. The van der Waals surface area contributed by atoms with Gasteiger partial charge in [0.25, 0.3) is 0 Å². The zero-order chi connectivity index (χ0) is 13.3. The molecule has 4 nitrogen and oxygen atoms in total. The van der Waals surface area contributed by atoms with Gasteiger partial charge >= 0.3 is 0 Å². The van der Waals surface area contributed by atoms with E-state index in [9.17, 15) is 9.90 Å². The minimum Gasteiger partial charge on any atom is -0.392 e. The molecule has 0 saturated heterocycles. The summed E-state index contributed by atoms with van der Waals surface area (Å²) in [7, 11) is 0. The number of carbonyl (C=O) groups is 1. The maximum absolute atomic E-state index is 12.0. The van der Waals surface area contributed by atoms with Gasteiger partial charge < -0.3 is 16.2 Å². The van der Waals surface area contributed by atoms with Crippen LogP contribution in [-0.2, 0) is 4.79 Å². The fraction of sp³-hybridized carbons (Fsp3) is 0.500. The maximum atomic E-state index is 12.0. The van der Waals surface area contributed by atoms with Gasteiger partial charge in [0.2, 0.25) is 5.91 Å². The van der Waals surface area contributed by atoms with E-state index in [1.807, 2.05) is 44.2 Å². The number of aliphatic hydroxyl groups is 1. The van der Waals surface area contributed by atoms with E-state index < -0.39 is 6.04 Å². The van der Waals surface area contributed by atoms with Gasteiger partial charge in [-0.3, -0.25) is 4.79 Å². The van der Waals surface area contributed by atoms with E-state index in [2.05, 4.69) is 5.32 Å². The Morgan fingerprint density at radius 1 is 1.44 bits per heavy atom. The first-order chi connectivity index (χ1) is 8.43. The van der Waals surface area contributed by atoms with E-state index in [4.69, 9.17) is 5.73 Å². The van der Waals surface area contributed by atoms with Crippen molar-refractivity contribution >= 4 is 5.91 Å². The van der Waals surface area contributed by atoms with Crippen molar-refractivity contribution in [1.82, 2.24) is 5.32 Å². The van der Waals surface area contributed by atoms with Gasteiger partial charge in [0, 0.05) is 11.5 Å². The molecular weight excluding hydrogens is 228 g/mol. The van der Waals surface area contributed by atoms with Gasteiger partial charge in [0.15, 0.2) is 0 Å². The molecular formula is C14H20N2O2. The Morgan fingerprint density at radius 3 is 2.56 bits per heavy atom. The molecule has 0 aliphatic heterocycles. The largest absolute Gasteiger partial charge is 0.392 e. The van der Waals surface area contributed by atoms with Crippen molar-refractivity contribution in [2.75, 3.05) is 0 Å². The number of hydrogen-bond acceptors (Lipinski definition) is 3. The van der Waals surface area contributed by atoms with Crippen LogP contribution in [-0.4, -0.2) is 23.2 Å². The average molecular weight is 248 g/mol. The van der Waals surface area contributed by atoms with Gasteiger partial charge in [0.1, 0.15) is 6.04 Å². The topological polar surface area (TPSA) is 75.3 Å². The number of carbonyl (C=O) groups excluding carboxylic acids is 1. The van der Waals surface area contributed by atoms with Crippen LogP contribution in [0.25, 0.3) is 0 Å². The van der Waals surface area contributed by atoms with Crippen molar-refractivity contribution in [2.24, 2.45) is 11.1 Å². The van der Waals surface area contributed by atoms with Crippen LogP contribution in [0.3, 0.4) is 0 Å². The van der Waals surface area contributed by atoms with Crippen molar-refractivity contribution in [3.05, 3.63) is 35.9 Å². The van der Waals surface area contributed by atoms with E-state index in [1.54, 1.807) is 0 Å². The second-order valence-electron chi connectivity index (χ2n) is 5.52. The number of nitrogens with one attached hydrogen (secondary N) is 1. The van der Waals surface area contributed by atoms with Crippen LogP contribution in [0.4, 0.5) is 0 Å². The lowest BCUT2D eigenvalue weighted by Crippen LogP contribution is -2.62. The normalized spacial score (nSPS) is 27.1. The summed E-state index contributed by atoms with van der Waals surface area (Å²) in [5, 5.41) is 12.5. The maximum Gasteiger partial charge on any atom is 0.241 e. The molecule has 0 heterocycles. The highest BCUT2D eigenvalue weighted by Crippen LogP contribution is 2.40. The van der Waals surface area contributed by atoms with Crippen molar-refractivity contribution in [2.45, 2.75) is 38.5 Å². The number of benzene rings is 1. The molecule has 3 unspecified atom stereocenters. The molecule has 0 spiro atoms. The first-order valence-corrected chi connectivity index (χ1v) is 6.22. The smallest absolute Gasteiger partial charge is 0.241 e.